The van der Waals surface area contributed by atoms with Gasteiger partial charge in [-0.25, -0.2) is 0 Å². The van der Waals surface area contributed by atoms with Gasteiger partial charge in [-0.1, -0.05) is 91.7 Å². The third-order valence-corrected chi connectivity index (χ3v) is 10.5. The fourth-order valence-corrected chi connectivity index (χ4v) is 7.09. The topological polar surface area (TPSA) is 52.9 Å². The van der Waals surface area contributed by atoms with Gasteiger partial charge in [-0.3, -0.25) is 9.98 Å². The summed E-state index contributed by atoms with van der Waals surface area (Å²) >= 11 is 0. The maximum absolute atomic E-state index is 9.41. The van der Waals surface area contributed by atoms with Crippen LogP contribution in [-0.2, 0) is 38.2 Å². The van der Waals surface area contributed by atoms with Gasteiger partial charge < -0.3 is 9.97 Å². The van der Waals surface area contributed by atoms with Crippen LogP contribution in [0.5, 0.6) is 0 Å². The Hall–Kier alpha value is -2.13. The Kier molecular flexibility index (Phi) is 6.00. The molecule has 41 heavy (non-hydrogen) atoms. The molecule has 0 amide bonds. The van der Waals surface area contributed by atoms with Crippen LogP contribution in [-0.4, -0.2) is 11.4 Å². The van der Waals surface area contributed by atoms with Crippen molar-refractivity contribution in [3.63, 3.8) is 0 Å². The average Bonchev–Trinajstić information content (AvgIpc) is 3.74. The quantitative estimate of drug-likeness (QED) is 0.281. The van der Waals surface area contributed by atoms with Crippen molar-refractivity contribution < 1.29 is 30.2 Å². The minimum atomic E-state index is -2.37. The Labute approximate surface area is 273 Å². The largest absolute Gasteiger partial charge is 2.00 e. The van der Waals surface area contributed by atoms with Crippen molar-refractivity contribution in [1.82, 2.24) is 9.97 Å². The molecule has 0 aliphatic carbocycles. The number of aliphatic imine (C=N–C) groups is 2. The number of aromatic nitrogens is 2. The van der Waals surface area contributed by atoms with E-state index in [9.17, 15) is 13.7 Å². The van der Waals surface area contributed by atoms with Crippen molar-refractivity contribution in [2.24, 2.45) is 9.98 Å². The van der Waals surface area contributed by atoms with Crippen molar-refractivity contribution in [2.45, 2.75) is 141 Å². The van der Waals surface area contributed by atoms with Crippen LogP contribution >= 0.6 is 0 Å². The first-order valence-electron chi connectivity index (χ1n) is 20.3. The molecule has 0 unspecified atom stereocenters. The van der Waals surface area contributed by atoms with Gasteiger partial charge in [-0.15, -0.1) is 22.8 Å². The van der Waals surface area contributed by atoms with Crippen LogP contribution < -0.4 is 9.97 Å². The van der Waals surface area contributed by atoms with Crippen LogP contribution in [0.25, 0.3) is 0 Å². The molecule has 8 bridgehead atoms. The summed E-state index contributed by atoms with van der Waals surface area (Å²) in [6.07, 6.45) is -2.48. The first-order chi connectivity index (χ1) is 23.3. The second-order valence-electron chi connectivity index (χ2n) is 11.4. The smallest absolute Gasteiger partial charge is 0.663 e. The summed E-state index contributed by atoms with van der Waals surface area (Å²) in [7, 11) is 0. The average molecular weight is 608 g/mol. The second-order valence-corrected chi connectivity index (χ2v) is 11.4. The summed E-state index contributed by atoms with van der Waals surface area (Å²) in [4.78, 5) is 20.1. The van der Waals surface area contributed by atoms with Gasteiger partial charge in [0, 0.05) is 62.7 Å². The Balaban J connectivity index is 0.00000583. The number of hydrogen-bond donors (Lipinski definition) is 0. The first-order valence-corrected chi connectivity index (χ1v) is 15.3. The van der Waals surface area contributed by atoms with E-state index >= 15 is 0 Å². The van der Waals surface area contributed by atoms with E-state index in [1.54, 1.807) is 0 Å². The zero-order valence-corrected chi connectivity index (χ0v) is 26.7. The van der Waals surface area contributed by atoms with Gasteiger partial charge in [0.2, 0.25) is 0 Å². The summed E-state index contributed by atoms with van der Waals surface area (Å²) in [6.45, 7) is 14.9. The molecule has 0 N–H and O–H groups in total. The van der Waals surface area contributed by atoms with E-state index in [1.807, 2.05) is 55.4 Å². The minimum Gasteiger partial charge on any atom is -0.663 e. The van der Waals surface area contributed by atoms with Crippen molar-refractivity contribution in [3.8, 4) is 0 Å². The molecule has 0 fully saturated rings. The van der Waals surface area contributed by atoms with Gasteiger partial charge in [0.05, 0.1) is 8.22 Å². The minimum absolute atomic E-state index is 0. The zero-order valence-electron chi connectivity index (χ0n) is 35.8. The summed E-state index contributed by atoms with van der Waals surface area (Å²) < 4.78 is 93.6. The molecule has 0 radical (unpaired) electrons. The number of allylic oxidation sites excluding steroid dienone is 4. The fraction of sp³-hybridized carbons (Fsp3) is 0.611. The Bertz CT molecular complexity index is 1700. The molecule has 0 aromatic carbocycles. The van der Waals surface area contributed by atoms with E-state index in [0.717, 1.165) is 0 Å². The van der Waals surface area contributed by atoms with Gasteiger partial charge in [-0.05, 0) is 51.4 Å². The molecule has 5 rings (SSSR count). The number of hydrogen-bond acceptors (Lipinski definition) is 2. The molecular formula is C36H50N4Ni. The van der Waals surface area contributed by atoms with Crippen LogP contribution in [0.2, 0.25) is 0 Å². The van der Waals surface area contributed by atoms with E-state index in [2.05, 4.69) is 0 Å². The van der Waals surface area contributed by atoms with Gasteiger partial charge in [0.1, 0.15) is 0 Å². The molecule has 0 saturated carbocycles. The molecule has 0 atom stereocenters. The fourth-order valence-electron chi connectivity index (χ4n) is 7.09. The van der Waals surface area contributed by atoms with Crippen molar-refractivity contribution in [3.05, 3.63) is 70.4 Å². The molecule has 4 nitrogen and oxygen atoms in total. The molecule has 5 heterocycles. The van der Waals surface area contributed by atoms with Gasteiger partial charge >= 0.3 is 16.5 Å². The van der Waals surface area contributed by atoms with Crippen LogP contribution in [0.1, 0.15) is 156 Å². The number of fused-ring (bicyclic) bond motifs is 6. The Morgan fingerprint density at radius 1 is 0.561 bits per heavy atom. The monoisotopic (exact) mass is 606 g/mol. The van der Waals surface area contributed by atoms with E-state index in [1.165, 1.54) is 0 Å². The predicted octanol–water partition coefficient (Wildman–Crippen LogP) is 9.00. The van der Waals surface area contributed by atoms with Gasteiger partial charge in [-0.2, -0.15) is 0 Å². The van der Waals surface area contributed by atoms with Crippen molar-refractivity contribution >= 4 is 11.4 Å². The van der Waals surface area contributed by atoms with Crippen LogP contribution in [0.4, 0.5) is 0 Å². The van der Waals surface area contributed by atoms with Crippen LogP contribution in [0.3, 0.4) is 0 Å². The van der Waals surface area contributed by atoms with Crippen LogP contribution in [0, 0.1) is 0 Å². The maximum atomic E-state index is 9.41. The number of nitrogens with zero attached hydrogens (tertiary/aromatic N) is 4. The normalized spacial score (nSPS) is 27.9. The zero-order chi connectivity index (χ0) is 37.6. The van der Waals surface area contributed by atoms with E-state index in [4.69, 9.17) is 20.0 Å². The molecule has 0 spiro atoms. The summed E-state index contributed by atoms with van der Waals surface area (Å²) in [5.41, 5.74) is -3.98. The summed E-state index contributed by atoms with van der Waals surface area (Å²) in [5, 5.41) is 0. The predicted molar refractivity (Wildman–Crippen MR) is 169 cm³/mol. The van der Waals surface area contributed by atoms with Gasteiger partial charge in [0.15, 0.2) is 0 Å². The Morgan fingerprint density at radius 2 is 0.829 bits per heavy atom. The third kappa shape index (κ3) is 4.35. The van der Waals surface area contributed by atoms with E-state index in [-0.39, 0.29) is 124 Å². The molecule has 2 aromatic rings. The molecule has 3 aliphatic rings. The molecule has 0 saturated heterocycles. The SMILES string of the molecule is [2H]C1=C2N=C(C1([2H])[2H])C(CC)(CC)c1[n-]c(c([2H])c1[2H])C(CC)(CC)C1=C([2H])C([2H])([2H])C(=N1)C(CC)(CC)c1[n-]c(c([2H])c1[2H])C2(CC)CC.[Ni+2]. The molecule has 5 heteroatoms. The van der Waals surface area contributed by atoms with Crippen LogP contribution in [0.15, 0.2) is 57.7 Å². The third-order valence-electron chi connectivity index (χ3n) is 10.5. The molecule has 224 valence electrons. The van der Waals surface area contributed by atoms with Crippen molar-refractivity contribution in [1.29, 1.82) is 0 Å². The van der Waals surface area contributed by atoms with Crippen molar-refractivity contribution in [2.75, 3.05) is 0 Å². The number of rotatable bonds is 8. The maximum Gasteiger partial charge on any atom is 2.00 e. The Morgan fingerprint density at radius 3 is 1.10 bits per heavy atom. The summed E-state index contributed by atoms with van der Waals surface area (Å²) in [5.74, 6) is 0. The standard InChI is InChI=1S/C36H50N4.Ni/c1-9-33(10-2)25-17-19-27(37-25)34(11-3,12-4)29-21-23-31(39-29)36(15-7,16-8)32-24-22-30(40-32)35(13-5,14-6)28-20-18-26(33)38-28;/h17-19,22-24H,9-16,20-21H2,1-8H3;/q-2;+2/i17D,18D,19D,20D2,21D2,22D,23D,24D;. The summed E-state index contributed by atoms with van der Waals surface area (Å²) in [6, 6.07) is -1.43. The second kappa shape index (κ2) is 11.9. The molecular weight excluding hydrogens is 547 g/mol. The van der Waals surface area contributed by atoms with Gasteiger partial charge in [0.25, 0.3) is 0 Å². The molecule has 3 aliphatic heterocycles. The first kappa shape index (κ1) is 20.7. The van der Waals surface area contributed by atoms with E-state index < -0.39 is 34.4 Å². The molecule has 2 aromatic heterocycles. The van der Waals surface area contributed by atoms with E-state index in [0.29, 0.717) is 25.7 Å².